The Hall–Kier alpha value is -3.40. The molecule has 4 rings (SSSR count). The summed E-state index contributed by atoms with van der Waals surface area (Å²) < 4.78 is 2.11. The van der Waals surface area contributed by atoms with E-state index in [1.807, 2.05) is 60.9 Å². The summed E-state index contributed by atoms with van der Waals surface area (Å²) in [5, 5.41) is 9.34. The molecule has 4 aromatic rings. The quantitative estimate of drug-likeness (QED) is 0.602. The summed E-state index contributed by atoms with van der Waals surface area (Å²) in [7, 11) is 0. The summed E-state index contributed by atoms with van der Waals surface area (Å²) in [5.74, 6) is -0.912. The summed E-state index contributed by atoms with van der Waals surface area (Å²) in [4.78, 5) is 15.8. The van der Waals surface area contributed by atoms with Gasteiger partial charge >= 0.3 is 5.97 Å². The molecule has 122 valence electrons. The van der Waals surface area contributed by atoms with Crippen molar-refractivity contribution in [3.8, 4) is 11.1 Å². The number of hydrogen-bond donors (Lipinski definition) is 1. The van der Waals surface area contributed by atoms with Crippen LogP contribution < -0.4 is 0 Å². The van der Waals surface area contributed by atoms with Crippen molar-refractivity contribution in [1.82, 2.24) is 9.55 Å². The van der Waals surface area contributed by atoms with E-state index >= 15 is 0 Å². The second-order valence-electron chi connectivity index (χ2n) is 5.91. The van der Waals surface area contributed by atoms with Crippen molar-refractivity contribution in [3.63, 3.8) is 0 Å². The molecule has 0 amide bonds. The molecule has 1 N–H and O–H groups in total. The Bertz CT molecular complexity index is 1050. The highest BCUT2D eigenvalue weighted by Crippen LogP contribution is 2.24. The number of aromatic nitrogens is 2. The van der Waals surface area contributed by atoms with Gasteiger partial charge in [-0.25, -0.2) is 9.78 Å². The van der Waals surface area contributed by atoms with Crippen LogP contribution in [0.2, 0.25) is 0 Å². The van der Waals surface area contributed by atoms with E-state index in [-0.39, 0.29) is 0 Å². The maximum absolute atomic E-state index is 11.4. The van der Waals surface area contributed by atoms with Gasteiger partial charge in [-0.1, -0.05) is 54.6 Å². The second kappa shape index (κ2) is 6.24. The van der Waals surface area contributed by atoms with E-state index in [9.17, 15) is 9.90 Å². The summed E-state index contributed by atoms with van der Waals surface area (Å²) in [5.41, 5.74) is 5.17. The Labute approximate surface area is 145 Å². The van der Waals surface area contributed by atoms with Gasteiger partial charge in [0.1, 0.15) is 0 Å². The zero-order valence-corrected chi connectivity index (χ0v) is 13.5. The maximum atomic E-state index is 11.4. The van der Waals surface area contributed by atoms with Crippen LogP contribution in [0.5, 0.6) is 0 Å². The Morgan fingerprint density at radius 2 is 1.64 bits per heavy atom. The summed E-state index contributed by atoms with van der Waals surface area (Å²) in [6.07, 6.45) is 1.85. The summed E-state index contributed by atoms with van der Waals surface area (Å²) >= 11 is 0. The third-order valence-corrected chi connectivity index (χ3v) is 4.30. The highest BCUT2D eigenvalue weighted by atomic mass is 16.4. The van der Waals surface area contributed by atoms with Gasteiger partial charge in [0.25, 0.3) is 0 Å². The average Bonchev–Trinajstić information content (AvgIpc) is 3.05. The van der Waals surface area contributed by atoms with Crippen LogP contribution >= 0.6 is 0 Å². The van der Waals surface area contributed by atoms with Crippen molar-refractivity contribution < 1.29 is 9.90 Å². The molecule has 0 saturated heterocycles. The number of carboxylic acids is 1. The lowest BCUT2D eigenvalue weighted by Crippen LogP contribution is -2.00. The van der Waals surface area contributed by atoms with Crippen LogP contribution in [0.1, 0.15) is 15.9 Å². The van der Waals surface area contributed by atoms with Crippen LogP contribution in [-0.4, -0.2) is 20.6 Å². The van der Waals surface area contributed by atoms with Gasteiger partial charge in [-0.15, -0.1) is 0 Å². The van der Waals surface area contributed by atoms with Gasteiger partial charge in [0.15, 0.2) is 0 Å². The summed E-state index contributed by atoms with van der Waals surface area (Å²) in [6.45, 7) is 0.724. The van der Waals surface area contributed by atoms with Crippen LogP contribution in [0.3, 0.4) is 0 Å². The highest BCUT2D eigenvalue weighted by Gasteiger charge is 2.10. The molecule has 1 heterocycles. The smallest absolute Gasteiger partial charge is 0.336 e. The van der Waals surface area contributed by atoms with Gasteiger partial charge in [0, 0.05) is 6.54 Å². The first-order valence-electron chi connectivity index (χ1n) is 8.04. The predicted molar refractivity (Wildman–Crippen MR) is 97.7 cm³/mol. The third kappa shape index (κ3) is 2.90. The highest BCUT2D eigenvalue weighted by molar-refractivity contribution is 5.96. The molecule has 0 aliphatic carbocycles. The number of rotatable bonds is 4. The van der Waals surface area contributed by atoms with Gasteiger partial charge in [-0.3, -0.25) is 0 Å². The molecule has 0 bridgehead atoms. The van der Waals surface area contributed by atoms with Crippen molar-refractivity contribution in [3.05, 3.63) is 90.3 Å². The van der Waals surface area contributed by atoms with Crippen LogP contribution in [0, 0.1) is 0 Å². The largest absolute Gasteiger partial charge is 0.478 e. The predicted octanol–water partition coefficient (Wildman–Crippen LogP) is 4.45. The summed E-state index contributed by atoms with van der Waals surface area (Å²) in [6, 6.07) is 23.1. The molecule has 4 nitrogen and oxygen atoms in total. The molecule has 0 fully saturated rings. The van der Waals surface area contributed by atoms with Crippen LogP contribution in [0.4, 0.5) is 0 Å². The molecule has 0 aliphatic heterocycles. The van der Waals surface area contributed by atoms with E-state index in [1.165, 1.54) is 0 Å². The number of hydrogen-bond acceptors (Lipinski definition) is 2. The van der Waals surface area contributed by atoms with E-state index in [0.29, 0.717) is 5.56 Å². The Kier molecular flexibility index (Phi) is 3.78. The van der Waals surface area contributed by atoms with Crippen molar-refractivity contribution in [2.75, 3.05) is 0 Å². The van der Waals surface area contributed by atoms with Gasteiger partial charge in [-0.2, -0.15) is 0 Å². The minimum atomic E-state index is -0.912. The van der Waals surface area contributed by atoms with E-state index in [4.69, 9.17) is 0 Å². The lowest BCUT2D eigenvalue weighted by Gasteiger charge is -2.08. The Balaban J connectivity index is 1.64. The standard InChI is InChI=1S/C21H16N2O2/c24-21(25)18-6-2-1-5-17(18)16-11-9-15(10-12-16)13-23-14-22-19-7-3-4-8-20(19)23/h1-12,14H,13H2,(H,24,25). The average molecular weight is 328 g/mol. The van der Waals surface area contributed by atoms with Crippen LogP contribution in [0.15, 0.2) is 79.1 Å². The first kappa shape index (κ1) is 15.1. The lowest BCUT2D eigenvalue weighted by molar-refractivity contribution is 0.0697. The molecule has 4 heteroatoms. The third-order valence-electron chi connectivity index (χ3n) is 4.30. The number of aromatic carboxylic acids is 1. The number of nitrogens with zero attached hydrogens (tertiary/aromatic N) is 2. The molecule has 3 aromatic carbocycles. The zero-order chi connectivity index (χ0) is 17.2. The number of carbonyl (C=O) groups is 1. The monoisotopic (exact) mass is 328 g/mol. The SMILES string of the molecule is O=C(O)c1ccccc1-c1ccc(Cn2cnc3ccccc32)cc1. The van der Waals surface area contributed by atoms with E-state index < -0.39 is 5.97 Å². The van der Waals surface area contributed by atoms with Crippen LogP contribution in [-0.2, 0) is 6.54 Å². The van der Waals surface area contributed by atoms with Gasteiger partial charge in [0.05, 0.1) is 22.9 Å². The van der Waals surface area contributed by atoms with Gasteiger partial charge < -0.3 is 9.67 Å². The molecular weight excluding hydrogens is 312 g/mol. The molecule has 25 heavy (non-hydrogen) atoms. The minimum Gasteiger partial charge on any atom is -0.478 e. The normalized spacial score (nSPS) is 10.9. The molecular formula is C21H16N2O2. The maximum Gasteiger partial charge on any atom is 0.336 e. The first-order valence-corrected chi connectivity index (χ1v) is 8.04. The van der Waals surface area contributed by atoms with E-state index in [2.05, 4.69) is 15.6 Å². The molecule has 0 spiro atoms. The molecule has 1 aromatic heterocycles. The fourth-order valence-electron chi connectivity index (χ4n) is 3.04. The molecule has 0 aliphatic rings. The van der Waals surface area contributed by atoms with E-state index in [0.717, 1.165) is 34.3 Å². The van der Waals surface area contributed by atoms with Crippen molar-refractivity contribution in [1.29, 1.82) is 0 Å². The minimum absolute atomic E-state index is 0.316. The number of para-hydroxylation sites is 2. The number of imidazole rings is 1. The van der Waals surface area contributed by atoms with E-state index in [1.54, 1.807) is 12.1 Å². The lowest BCUT2D eigenvalue weighted by atomic mass is 9.99. The Morgan fingerprint density at radius 3 is 2.44 bits per heavy atom. The Morgan fingerprint density at radius 1 is 0.920 bits per heavy atom. The van der Waals surface area contributed by atoms with Crippen LogP contribution in [0.25, 0.3) is 22.2 Å². The molecule has 0 saturated carbocycles. The molecule has 0 unspecified atom stereocenters. The molecule has 0 radical (unpaired) electrons. The molecule has 0 atom stereocenters. The fourth-order valence-corrected chi connectivity index (χ4v) is 3.04. The second-order valence-corrected chi connectivity index (χ2v) is 5.91. The zero-order valence-electron chi connectivity index (χ0n) is 13.5. The fraction of sp³-hybridized carbons (Fsp3) is 0.0476. The van der Waals surface area contributed by atoms with Crippen molar-refractivity contribution in [2.45, 2.75) is 6.54 Å². The van der Waals surface area contributed by atoms with Gasteiger partial charge in [0.2, 0.25) is 0 Å². The number of benzene rings is 3. The van der Waals surface area contributed by atoms with Crippen molar-refractivity contribution in [2.24, 2.45) is 0 Å². The van der Waals surface area contributed by atoms with Crippen molar-refractivity contribution >= 4 is 17.0 Å². The first-order chi connectivity index (χ1) is 12.2. The number of fused-ring (bicyclic) bond motifs is 1. The topological polar surface area (TPSA) is 55.1 Å². The van der Waals surface area contributed by atoms with Gasteiger partial charge in [-0.05, 0) is 34.9 Å². The number of carboxylic acid groups (broad SMARTS) is 1.